The minimum Gasteiger partial charge on any atom is -0.318 e. The van der Waals surface area contributed by atoms with Gasteiger partial charge >= 0.3 is 6.03 Å². The number of aromatic nitrogens is 3. The summed E-state index contributed by atoms with van der Waals surface area (Å²) in [4.78, 5) is 38.4. The van der Waals surface area contributed by atoms with E-state index in [9.17, 15) is 14.4 Å². The molecular formula is C23H24N6O3S. The molecule has 9 nitrogen and oxygen atoms in total. The van der Waals surface area contributed by atoms with Crippen LogP contribution >= 0.6 is 12.2 Å². The molecule has 0 radical (unpaired) electrons. The number of hydrogen-bond donors (Lipinski definition) is 3. The maximum Gasteiger partial charge on any atom is 0.344 e. The van der Waals surface area contributed by atoms with E-state index in [4.69, 9.17) is 12.2 Å². The molecule has 2 aromatic carbocycles. The van der Waals surface area contributed by atoms with Crippen molar-refractivity contribution in [3.63, 3.8) is 0 Å². The zero-order chi connectivity index (χ0) is 23.6. The first-order valence-corrected chi connectivity index (χ1v) is 11.0. The first kappa shape index (κ1) is 22.4. The highest BCUT2D eigenvalue weighted by atomic mass is 32.1. The van der Waals surface area contributed by atoms with Crippen LogP contribution in [0.4, 0.5) is 4.79 Å². The van der Waals surface area contributed by atoms with E-state index >= 15 is 0 Å². The molecule has 3 aromatic rings. The summed E-state index contributed by atoms with van der Waals surface area (Å²) in [5.74, 6) is -0.396. The zero-order valence-electron chi connectivity index (χ0n) is 18.3. The highest BCUT2D eigenvalue weighted by Gasteiger charge is 2.52. The third-order valence-corrected chi connectivity index (χ3v) is 6.03. The molecule has 1 fully saturated rings. The third-order valence-electron chi connectivity index (χ3n) is 5.72. The zero-order valence-corrected chi connectivity index (χ0v) is 19.1. The number of aryl methyl sites for hydroxylation is 1. The summed E-state index contributed by atoms with van der Waals surface area (Å²) in [6, 6.07) is 16.1. The maximum atomic E-state index is 13.2. The van der Waals surface area contributed by atoms with Crippen LogP contribution in [-0.2, 0) is 21.7 Å². The normalized spacial score (nSPS) is 17.8. The summed E-state index contributed by atoms with van der Waals surface area (Å²) >= 11 is 5.32. The van der Waals surface area contributed by atoms with Crippen molar-refractivity contribution in [1.29, 1.82) is 0 Å². The molecule has 3 N–H and O–H groups in total. The van der Waals surface area contributed by atoms with Gasteiger partial charge in [0.25, 0.3) is 5.91 Å². The highest BCUT2D eigenvalue weighted by Crippen LogP contribution is 2.31. The average molecular weight is 465 g/mol. The molecule has 1 aromatic heterocycles. The Morgan fingerprint density at radius 2 is 1.91 bits per heavy atom. The standard InChI is InChI=1S/C23H24N6O3S/c1-3-23(17-10-5-4-6-11-17)20(31)29(21(32)24-23)27-18(30)12-13-28-19(25-26-22(28)33)16-9-7-8-15(2)14-16/h4-11,14H,3,12-13H2,1-2H3,(H,24,32)(H,26,33)(H,27,30). The number of aromatic amines is 1. The number of amides is 4. The van der Waals surface area contributed by atoms with Crippen LogP contribution in [0, 0.1) is 11.7 Å². The molecule has 1 saturated heterocycles. The fourth-order valence-corrected chi connectivity index (χ4v) is 4.19. The van der Waals surface area contributed by atoms with E-state index in [2.05, 4.69) is 20.9 Å². The number of urea groups is 1. The quantitative estimate of drug-likeness (QED) is 0.367. The number of rotatable bonds is 7. The van der Waals surface area contributed by atoms with Gasteiger partial charge in [-0.25, -0.2) is 4.79 Å². The molecule has 10 heteroatoms. The summed E-state index contributed by atoms with van der Waals surface area (Å²) in [7, 11) is 0. The van der Waals surface area contributed by atoms with E-state index in [1.807, 2.05) is 44.2 Å². The van der Waals surface area contributed by atoms with Gasteiger partial charge in [-0.2, -0.15) is 10.1 Å². The van der Waals surface area contributed by atoms with Gasteiger partial charge in [-0.1, -0.05) is 61.0 Å². The fourth-order valence-electron chi connectivity index (χ4n) is 3.96. The van der Waals surface area contributed by atoms with Crippen LogP contribution < -0.4 is 10.7 Å². The minimum atomic E-state index is -1.21. The lowest BCUT2D eigenvalue weighted by molar-refractivity contribution is -0.139. The van der Waals surface area contributed by atoms with Gasteiger partial charge in [-0.05, 0) is 37.2 Å². The SMILES string of the molecule is CCC1(c2ccccc2)NC(=O)N(NC(=O)CCn2c(-c3cccc(C)c3)n[nH]c2=S)C1=O. The predicted octanol–water partition coefficient (Wildman–Crippen LogP) is 3.19. The number of carbonyl (C=O) groups excluding carboxylic acids is 3. The predicted molar refractivity (Wildman–Crippen MR) is 124 cm³/mol. The largest absolute Gasteiger partial charge is 0.344 e. The van der Waals surface area contributed by atoms with Gasteiger partial charge in [0, 0.05) is 18.5 Å². The van der Waals surface area contributed by atoms with Crippen LogP contribution in [0.1, 0.15) is 30.9 Å². The summed E-state index contributed by atoms with van der Waals surface area (Å²) in [6.45, 7) is 4.02. The molecule has 0 bridgehead atoms. The van der Waals surface area contributed by atoms with E-state index in [1.54, 1.807) is 28.8 Å². The van der Waals surface area contributed by atoms with E-state index in [-0.39, 0.29) is 13.0 Å². The molecule has 0 saturated carbocycles. The molecular weight excluding hydrogens is 440 g/mol. The molecule has 0 spiro atoms. The molecule has 170 valence electrons. The Kier molecular flexibility index (Phi) is 6.10. The Morgan fingerprint density at radius 1 is 1.15 bits per heavy atom. The van der Waals surface area contributed by atoms with Crippen molar-refractivity contribution in [2.24, 2.45) is 0 Å². The van der Waals surface area contributed by atoms with Crippen LogP contribution in [0.15, 0.2) is 54.6 Å². The Labute approximate surface area is 195 Å². The van der Waals surface area contributed by atoms with Gasteiger partial charge in [0.15, 0.2) is 10.6 Å². The van der Waals surface area contributed by atoms with Gasteiger partial charge in [0.1, 0.15) is 5.54 Å². The Morgan fingerprint density at radius 3 is 2.61 bits per heavy atom. The van der Waals surface area contributed by atoms with Crippen molar-refractivity contribution < 1.29 is 14.4 Å². The van der Waals surface area contributed by atoms with Crippen molar-refractivity contribution in [2.45, 2.75) is 38.8 Å². The number of hydrogen-bond acceptors (Lipinski definition) is 5. The van der Waals surface area contributed by atoms with Gasteiger partial charge < -0.3 is 5.32 Å². The molecule has 1 aliphatic rings. The van der Waals surface area contributed by atoms with Gasteiger partial charge in [0.2, 0.25) is 5.91 Å². The second-order valence-electron chi connectivity index (χ2n) is 7.85. The van der Waals surface area contributed by atoms with Crippen LogP contribution in [-0.4, -0.2) is 37.6 Å². The van der Waals surface area contributed by atoms with Crippen LogP contribution in [0.2, 0.25) is 0 Å². The van der Waals surface area contributed by atoms with Crippen molar-refractivity contribution in [3.05, 3.63) is 70.5 Å². The number of benzene rings is 2. The van der Waals surface area contributed by atoms with E-state index in [0.717, 1.165) is 16.1 Å². The molecule has 4 amide bonds. The molecule has 4 rings (SSSR count). The molecule has 1 aliphatic heterocycles. The van der Waals surface area contributed by atoms with Crippen molar-refractivity contribution >= 4 is 30.1 Å². The molecule has 33 heavy (non-hydrogen) atoms. The molecule has 0 aliphatic carbocycles. The molecule has 1 unspecified atom stereocenters. The number of imide groups is 1. The molecule has 2 heterocycles. The summed E-state index contributed by atoms with van der Waals surface area (Å²) in [6.07, 6.45) is 0.339. The maximum absolute atomic E-state index is 13.2. The smallest absolute Gasteiger partial charge is 0.318 e. The van der Waals surface area contributed by atoms with Crippen LogP contribution in [0.5, 0.6) is 0 Å². The molecule has 1 atom stereocenters. The minimum absolute atomic E-state index is 0.00578. The lowest BCUT2D eigenvalue weighted by Gasteiger charge is -2.25. The summed E-state index contributed by atoms with van der Waals surface area (Å²) < 4.78 is 2.10. The number of nitrogens with one attached hydrogen (secondary N) is 3. The summed E-state index contributed by atoms with van der Waals surface area (Å²) in [5.41, 5.74) is 3.83. The first-order valence-electron chi connectivity index (χ1n) is 10.6. The topological polar surface area (TPSA) is 112 Å². The van der Waals surface area contributed by atoms with Gasteiger partial charge in [-0.3, -0.25) is 24.7 Å². The van der Waals surface area contributed by atoms with Crippen LogP contribution in [0.25, 0.3) is 11.4 Å². The van der Waals surface area contributed by atoms with Gasteiger partial charge in [-0.15, -0.1) is 0 Å². The van der Waals surface area contributed by atoms with Crippen LogP contribution in [0.3, 0.4) is 0 Å². The highest BCUT2D eigenvalue weighted by molar-refractivity contribution is 7.71. The third kappa shape index (κ3) is 4.17. The average Bonchev–Trinajstić information content (AvgIpc) is 3.30. The Hall–Kier alpha value is -3.79. The number of hydrazine groups is 1. The van der Waals surface area contributed by atoms with Crippen molar-refractivity contribution in [2.75, 3.05) is 0 Å². The second kappa shape index (κ2) is 8.99. The summed E-state index contributed by atoms with van der Waals surface area (Å²) in [5, 5.41) is 10.5. The number of carbonyl (C=O) groups is 3. The first-order chi connectivity index (χ1) is 15.9. The van der Waals surface area contributed by atoms with E-state index < -0.39 is 23.4 Å². The van der Waals surface area contributed by atoms with E-state index in [0.29, 0.717) is 22.6 Å². The second-order valence-corrected chi connectivity index (χ2v) is 8.24. The fraction of sp³-hybridized carbons (Fsp3) is 0.261. The lowest BCUT2D eigenvalue weighted by atomic mass is 9.87. The van der Waals surface area contributed by atoms with Crippen molar-refractivity contribution in [3.8, 4) is 11.4 Å². The number of H-pyrrole nitrogens is 1. The number of nitrogens with zero attached hydrogens (tertiary/aromatic N) is 3. The lowest BCUT2D eigenvalue weighted by Crippen LogP contribution is -2.48. The monoisotopic (exact) mass is 464 g/mol. The Bertz CT molecular complexity index is 1270. The van der Waals surface area contributed by atoms with Crippen molar-refractivity contribution in [1.82, 2.24) is 30.5 Å². The van der Waals surface area contributed by atoms with E-state index in [1.165, 1.54) is 0 Å². The van der Waals surface area contributed by atoms with Gasteiger partial charge in [0.05, 0.1) is 0 Å². The Balaban J connectivity index is 1.47.